The minimum atomic E-state index is 0.399. The summed E-state index contributed by atoms with van der Waals surface area (Å²) in [6.45, 7) is 0.399. The van der Waals surface area contributed by atoms with Gasteiger partial charge in [-0.1, -0.05) is 34.5 Å². The molecule has 0 saturated heterocycles. The van der Waals surface area contributed by atoms with Crippen molar-refractivity contribution in [3.8, 4) is 5.75 Å². The average Bonchev–Trinajstić information content (AvgIpc) is 2.73. The van der Waals surface area contributed by atoms with Crippen molar-refractivity contribution in [3.63, 3.8) is 0 Å². The number of aromatic nitrogens is 1. The first-order chi connectivity index (χ1) is 8.17. The van der Waals surface area contributed by atoms with Gasteiger partial charge in [-0.3, -0.25) is 5.43 Å². The molecule has 0 aliphatic heterocycles. The molecule has 1 heterocycles. The third-order valence-corrected chi connectivity index (χ3v) is 3.23. The normalized spacial score (nSPS) is 10.3. The molecule has 0 saturated carbocycles. The second-order valence-electron chi connectivity index (χ2n) is 3.17. The lowest BCUT2D eigenvalue weighted by atomic mass is 10.3. The van der Waals surface area contributed by atoms with Crippen LogP contribution in [-0.2, 0) is 6.61 Å². The molecule has 2 rings (SSSR count). The van der Waals surface area contributed by atoms with Crippen LogP contribution in [0.2, 0.25) is 10.0 Å². The molecule has 0 unspecified atom stereocenters. The highest BCUT2D eigenvalue weighted by atomic mass is 35.5. The van der Waals surface area contributed by atoms with Crippen molar-refractivity contribution in [3.05, 3.63) is 39.3 Å². The monoisotopic (exact) mass is 289 g/mol. The SMILES string of the molecule is NNc1ncc(COc2cc(Cl)cc(Cl)c2)s1. The topological polar surface area (TPSA) is 60.2 Å². The number of hydrogen-bond acceptors (Lipinski definition) is 5. The van der Waals surface area contributed by atoms with Gasteiger partial charge in [0.2, 0.25) is 0 Å². The molecule has 4 nitrogen and oxygen atoms in total. The van der Waals surface area contributed by atoms with E-state index in [9.17, 15) is 0 Å². The van der Waals surface area contributed by atoms with Crippen molar-refractivity contribution in [1.82, 2.24) is 4.98 Å². The van der Waals surface area contributed by atoms with E-state index >= 15 is 0 Å². The Bertz CT molecular complexity index is 498. The Kier molecular flexibility index (Phi) is 4.06. The number of hydrazine groups is 1. The molecule has 0 bridgehead atoms. The van der Waals surface area contributed by atoms with Crippen LogP contribution in [-0.4, -0.2) is 4.98 Å². The number of thiazole rings is 1. The van der Waals surface area contributed by atoms with Gasteiger partial charge in [0.1, 0.15) is 12.4 Å². The van der Waals surface area contributed by atoms with Crippen LogP contribution >= 0.6 is 34.5 Å². The largest absolute Gasteiger partial charge is 0.488 e. The first-order valence-electron chi connectivity index (χ1n) is 4.67. The number of rotatable bonds is 4. The van der Waals surface area contributed by atoms with Gasteiger partial charge >= 0.3 is 0 Å². The number of nitrogens with zero attached hydrogens (tertiary/aromatic N) is 1. The second kappa shape index (κ2) is 5.55. The van der Waals surface area contributed by atoms with Gasteiger partial charge in [-0.15, -0.1) is 0 Å². The number of nitrogens with two attached hydrogens (primary N) is 1. The Morgan fingerprint density at radius 1 is 1.29 bits per heavy atom. The zero-order valence-electron chi connectivity index (χ0n) is 8.61. The molecule has 0 atom stereocenters. The lowest BCUT2D eigenvalue weighted by molar-refractivity contribution is 0.309. The number of anilines is 1. The summed E-state index contributed by atoms with van der Waals surface area (Å²) in [7, 11) is 0. The fourth-order valence-electron chi connectivity index (χ4n) is 1.21. The summed E-state index contributed by atoms with van der Waals surface area (Å²) in [6.07, 6.45) is 1.70. The molecule has 7 heteroatoms. The summed E-state index contributed by atoms with van der Waals surface area (Å²) in [5.41, 5.74) is 2.47. The highest BCUT2D eigenvalue weighted by Crippen LogP contribution is 2.25. The third-order valence-electron chi connectivity index (χ3n) is 1.89. The van der Waals surface area contributed by atoms with Crippen LogP contribution in [0.1, 0.15) is 4.88 Å². The maximum Gasteiger partial charge on any atom is 0.197 e. The summed E-state index contributed by atoms with van der Waals surface area (Å²) in [5, 5.41) is 1.73. The fourth-order valence-corrected chi connectivity index (χ4v) is 2.35. The summed E-state index contributed by atoms with van der Waals surface area (Å²) < 4.78 is 5.54. The van der Waals surface area contributed by atoms with Crippen molar-refractivity contribution in [2.75, 3.05) is 5.43 Å². The summed E-state index contributed by atoms with van der Waals surface area (Å²) in [6, 6.07) is 5.06. The molecule has 90 valence electrons. The van der Waals surface area contributed by atoms with Crippen molar-refractivity contribution in [2.24, 2.45) is 5.84 Å². The molecule has 1 aromatic carbocycles. The molecule has 3 N–H and O–H groups in total. The zero-order valence-corrected chi connectivity index (χ0v) is 10.9. The van der Waals surface area contributed by atoms with Crippen LogP contribution in [0, 0.1) is 0 Å². The van der Waals surface area contributed by atoms with Gasteiger partial charge in [0.05, 0.1) is 4.88 Å². The van der Waals surface area contributed by atoms with Gasteiger partial charge in [-0.25, -0.2) is 10.8 Å². The van der Waals surface area contributed by atoms with Crippen molar-refractivity contribution < 1.29 is 4.74 Å². The standard InChI is InChI=1S/C10H9Cl2N3OS/c11-6-1-7(12)3-8(2-6)16-5-9-4-14-10(15-13)17-9/h1-4H,5,13H2,(H,14,15). The summed E-state index contributed by atoms with van der Waals surface area (Å²) in [5.74, 6) is 5.86. The van der Waals surface area contributed by atoms with Gasteiger partial charge in [-0.2, -0.15) is 0 Å². The van der Waals surface area contributed by atoms with Gasteiger partial charge in [0.15, 0.2) is 5.13 Å². The van der Waals surface area contributed by atoms with E-state index in [4.69, 9.17) is 33.8 Å². The van der Waals surface area contributed by atoms with E-state index < -0.39 is 0 Å². The summed E-state index contributed by atoms with van der Waals surface area (Å²) in [4.78, 5) is 4.99. The van der Waals surface area contributed by atoms with Crippen LogP contribution in [0.25, 0.3) is 0 Å². The molecular weight excluding hydrogens is 281 g/mol. The maximum absolute atomic E-state index is 5.86. The molecule has 0 amide bonds. The van der Waals surface area contributed by atoms with Crippen molar-refractivity contribution in [2.45, 2.75) is 6.61 Å². The van der Waals surface area contributed by atoms with Crippen LogP contribution in [0.5, 0.6) is 5.75 Å². The number of hydrogen-bond donors (Lipinski definition) is 2. The Morgan fingerprint density at radius 2 is 2.00 bits per heavy atom. The molecule has 1 aromatic heterocycles. The van der Waals surface area contributed by atoms with E-state index in [0.29, 0.717) is 27.5 Å². The molecule has 0 fully saturated rings. The van der Waals surface area contributed by atoms with Crippen LogP contribution in [0.3, 0.4) is 0 Å². The molecule has 0 spiro atoms. The molecule has 17 heavy (non-hydrogen) atoms. The Labute approximate surface area is 112 Å². The smallest absolute Gasteiger partial charge is 0.197 e. The average molecular weight is 290 g/mol. The van der Waals surface area contributed by atoms with Crippen molar-refractivity contribution in [1.29, 1.82) is 0 Å². The minimum absolute atomic E-state index is 0.399. The fraction of sp³-hybridized carbons (Fsp3) is 0.100. The lowest BCUT2D eigenvalue weighted by Crippen LogP contribution is -2.05. The highest BCUT2D eigenvalue weighted by molar-refractivity contribution is 7.15. The Morgan fingerprint density at radius 3 is 2.59 bits per heavy atom. The number of halogens is 2. The van der Waals surface area contributed by atoms with Crippen molar-refractivity contribution >= 4 is 39.7 Å². The van der Waals surface area contributed by atoms with E-state index in [-0.39, 0.29) is 0 Å². The van der Waals surface area contributed by atoms with Gasteiger partial charge in [-0.05, 0) is 18.2 Å². The molecule has 2 aromatic rings. The van der Waals surface area contributed by atoms with Crippen LogP contribution in [0.4, 0.5) is 5.13 Å². The van der Waals surface area contributed by atoms with E-state index in [2.05, 4.69) is 10.4 Å². The number of benzene rings is 1. The van der Waals surface area contributed by atoms with Gasteiger partial charge in [0.25, 0.3) is 0 Å². The van der Waals surface area contributed by atoms with Gasteiger partial charge < -0.3 is 4.74 Å². The summed E-state index contributed by atoms with van der Waals surface area (Å²) >= 11 is 13.1. The first-order valence-corrected chi connectivity index (χ1v) is 6.25. The number of ether oxygens (including phenoxy) is 1. The number of nitrogens with one attached hydrogen (secondary N) is 1. The van der Waals surface area contributed by atoms with E-state index in [0.717, 1.165) is 4.88 Å². The van der Waals surface area contributed by atoms with E-state index in [1.165, 1.54) is 11.3 Å². The maximum atomic E-state index is 5.86. The predicted octanol–water partition coefficient (Wildman–Crippen LogP) is 3.31. The molecule has 0 radical (unpaired) electrons. The zero-order chi connectivity index (χ0) is 12.3. The first kappa shape index (κ1) is 12.4. The van der Waals surface area contributed by atoms with Gasteiger partial charge in [0, 0.05) is 16.2 Å². The molecule has 0 aliphatic carbocycles. The predicted molar refractivity (Wildman–Crippen MR) is 70.7 cm³/mol. The van der Waals surface area contributed by atoms with Crippen LogP contribution in [0.15, 0.2) is 24.4 Å². The quantitative estimate of drug-likeness (QED) is 0.670. The minimum Gasteiger partial charge on any atom is -0.488 e. The van der Waals surface area contributed by atoms with Crippen LogP contribution < -0.4 is 16.0 Å². The van der Waals surface area contributed by atoms with E-state index in [1.54, 1.807) is 24.4 Å². The molecular formula is C10H9Cl2N3OS. The lowest BCUT2D eigenvalue weighted by Gasteiger charge is -2.05. The number of nitrogen functional groups attached to an aromatic ring is 1. The molecule has 0 aliphatic rings. The third kappa shape index (κ3) is 3.47. The highest BCUT2D eigenvalue weighted by Gasteiger charge is 2.03. The van der Waals surface area contributed by atoms with E-state index in [1.807, 2.05) is 0 Å². The Hall–Kier alpha value is -1.01. The second-order valence-corrected chi connectivity index (χ2v) is 5.16. The Balaban J connectivity index is 2.01.